The van der Waals surface area contributed by atoms with E-state index < -0.39 is 12.1 Å². The Morgan fingerprint density at radius 3 is 2.61 bits per heavy atom. The first-order valence-corrected chi connectivity index (χ1v) is 7.43. The second-order valence-electron chi connectivity index (χ2n) is 5.30. The molecule has 0 radical (unpaired) electrons. The topological polar surface area (TPSA) is 66.8 Å². The standard InChI is InChI=1S/C17H14ClNO4/c1-10-16(20)19(14-8-13(18)6-7-15(14)23-10)9-11-2-4-12(5-3-11)17(21)22/h2-8,10H,9H2,1H3,(H,21,22)/t10-/m0/s1. The number of carbonyl (C=O) groups is 2. The number of hydrogen-bond donors (Lipinski definition) is 1. The maximum atomic E-state index is 12.4. The fraction of sp³-hybridized carbons (Fsp3) is 0.176. The van der Waals surface area contributed by atoms with E-state index in [4.69, 9.17) is 21.4 Å². The number of carbonyl (C=O) groups excluding carboxylic acids is 1. The average molecular weight is 332 g/mol. The van der Waals surface area contributed by atoms with Gasteiger partial charge in [0, 0.05) is 5.02 Å². The molecule has 0 fully saturated rings. The third-order valence-corrected chi connectivity index (χ3v) is 3.91. The highest BCUT2D eigenvalue weighted by atomic mass is 35.5. The summed E-state index contributed by atoms with van der Waals surface area (Å²) in [4.78, 5) is 24.9. The molecule has 1 heterocycles. The van der Waals surface area contributed by atoms with Crippen LogP contribution in [0, 0.1) is 0 Å². The zero-order valence-electron chi connectivity index (χ0n) is 12.3. The van der Waals surface area contributed by atoms with Crippen LogP contribution in [0.3, 0.4) is 0 Å². The van der Waals surface area contributed by atoms with E-state index in [9.17, 15) is 9.59 Å². The number of halogens is 1. The van der Waals surface area contributed by atoms with Crippen LogP contribution in [-0.2, 0) is 11.3 Å². The van der Waals surface area contributed by atoms with Crippen molar-refractivity contribution in [1.82, 2.24) is 0 Å². The van der Waals surface area contributed by atoms with Crippen molar-refractivity contribution in [2.75, 3.05) is 4.90 Å². The van der Waals surface area contributed by atoms with Crippen molar-refractivity contribution in [1.29, 1.82) is 0 Å². The third-order valence-electron chi connectivity index (χ3n) is 3.67. The highest BCUT2D eigenvalue weighted by Crippen LogP contribution is 2.37. The van der Waals surface area contributed by atoms with Crippen molar-refractivity contribution in [3.63, 3.8) is 0 Å². The Balaban J connectivity index is 1.93. The molecule has 1 aliphatic rings. The van der Waals surface area contributed by atoms with Gasteiger partial charge in [-0.1, -0.05) is 23.7 Å². The number of rotatable bonds is 3. The molecule has 0 saturated heterocycles. The Bertz CT molecular complexity index is 773. The lowest BCUT2D eigenvalue weighted by Gasteiger charge is -2.33. The van der Waals surface area contributed by atoms with Gasteiger partial charge in [-0.05, 0) is 42.8 Å². The van der Waals surface area contributed by atoms with E-state index in [1.54, 1.807) is 42.2 Å². The maximum Gasteiger partial charge on any atom is 0.335 e. The molecule has 0 aromatic heterocycles. The van der Waals surface area contributed by atoms with Gasteiger partial charge in [0.25, 0.3) is 5.91 Å². The molecule has 2 aromatic carbocycles. The number of amides is 1. The largest absolute Gasteiger partial charge is 0.479 e. The number of nitrogens with zero attached hydrogens (tertiary/aromatic N) is 1. The summed E-state index contributed by atoms with van der Waals surface area (Å²) in [5.74, 6) is -0.546. The number of carboxylic acid groups (broad SMARTS) is 1. The molecule has 5 nitrogen and oxygen atoms in total. The van der Waals surface area contributed by atoms with Crippen LogP contribution in [0.15, 0.2) is 42.5 Å². The van der Waals surface area contributed by atoms with Gasteiger partial charge >= 0.3 is 5.97 Å². The molecule has 3 rings (SSSR count). The summed E-state index contributed by atoms with van der Waals surface area (Å²) in [6.45, 7) is 2.01. The van der Waals surface area contributed by atoms with Gasteiger partial charge in [0.1, 0.15) is 5.75 Å². The summed E-state index contributed by atoms with van der Waals surface area (Å²) in [5, 5.41) is 9.45. The van der Waals surface area contributed by atoms with Gasteiger partial charge < -0.3 is 14.7 Å². The summed E-state index contributed by atoms with van der Waals surface area (Å²) in [5.41, 5.74) is 1.64. The highest BCUT2D eigenvalue weighted by Gasteiger charge is 2.31. The van der Waals surface area contributed by atoms with E-state index in [1.807, 2.05) is 0 Å². The number of fused-ring (bicyclic) bond motifs is 1. The lowest BCUT2D eigenvalue weighted by molar-refractivity contribution is -0.125. The van der Waals surface area contributed by atoms with E-state index in [-0.39, 0.29) is 11.5 Å². The molecule has 0 spiro atoms. The summed E-state index contributed by atoms with van der Waals surface area (Å²) < 4.78 is 5.59. The Hall–Kier alpha value is -2.53. The van der Waals surface area contributed by atoms with Crippen LogP contribution in [0.2, 0.25) is 5.02 Å². The van der Waals surface area contributed by atoms with Crippen molar-refractivity contribution in [2.45, 2.75) is 19.6 Å². The molecule has 0 saturated carbocycles. The molecule has 0 aliphatic carbocycles. The predicted octanol–water partition coefficient (Wildman–Crippen LogP) is 3.35. The summed E-state index contributed by atoms with van der Waals surface area (Å²) >= 11 is 6.03. The van der Waals surface area contributed by atoms with Crippen LogP contribution in [0.5, 0.6) is 5.75 Å². The second kappa shape index (κ2) is 5.93. The molecular weight excluding hydrogens is 318 g/mol. The molecule has 1 amide bonds. The van der Waals surface area contributed by atoms with Gasteiger partial charge in [0.15, 0.2) is 6.10 Å². The number of ether oxygens (including phenoxy) is 1. The maximum absolute atomic E-state index is 12.4. The van der Waals surface area contributed by atoms with E-state index >= 15 is 0 Å². The molecule has 1 N–H and O–H groups in total. The SMILES string of the molecule is C[C@@H]1Oc2ccc(Cl)cc2N(Cc2ccc(C(=O)O)cc2)C1=O. The monoisotopic (exact) mass is 331 g/mol. The third kappa shape index (κ3) is 3.00. The summed E-state index contributed by atoms with van der Waals surface area (Å²) in [7, 11) is 0. The molecule has 23 heavy (non-hydrogen) atoms. The van der Waals surface area contributed by atoms with Gasteiger partial charge in [-0.15, -0.1) is 0 Å². The summed E-state index contributed by atoms with van der Waals surface area (Å²) in [6, 6.07) is 11.6. The number of hydrogen-bond acceptors (Lipinski definition) is 3. The lowest BCUT2D eigenvalue weighted by atomic mass is 10.1. The van der Waals surface area contributed by atoms with Crippen molar-refractivity contribution in [3.05, 3.63) is 58.6 Å². The molecule has 2 aromatic rings. The number of anilines is 1. The van der Waals surface area contributed by atoms with Crippen LogP contribution >= 0.6 is 11.6 Å². The molecular formula is C17H14ClNO4. The number of aromatic carboxylic acids is 1. The van der Waals surface area contributed by atoms with Crippen molar-refractivity contribution in [2.24, 2.45) is 0 Å². The lowest BCUT2D eigenvalue weighted by Crippen LogP contribution is -2.44. The van der Waals surface area contributed by atoms with E-state index in [2.05, 4.69) is 0 Å². The van der Waals surface area contributed by atoms with Crippen LogP contribution < -0.4 is 9.64 Å². The van der Waals surface area contributed by atoms with Gasteiger partial charge in [-0.3, -0.25) is 4.79 Å². The molecule has 0 bridgehead atoms. The zero-order valence-corrected chi connectivity index (χ0v) is 13.1. The Labute approximate surface area is 138 Å². The van der Waals surface area contributed by atoms with Crippen LogP contribution in [0.1, 0.15) is 22.8 Å². The molecule has 0 unspecified atom stereocenters. The fourth-order valence-corrected chi connectivity index (χ4v) is 2.64. The van der Waals surface area contributed by atoms with Crippen molar-refractivity contribution < 1.29 is 19.4 Å². The minimum Gasteiger partial charge on any atom is -0.479 e. The van der Waals surface area contributed by atoms with Crippen LogP contribution in [-0.4, -0.2) is 23.1 Å². The normalized spacial score (nSPS) is 16.7. The van der Waals surface area contributed by atoms with E-state index in [0.717, 1.165) is 5.56 Å². The van der Waals surface area contributed by atoms with Crippen molar-refractivity contribution >= 4 is 29.2 Å². The number of carboxylic acids is 1. The number of benzene rings is 2. The molecule has 6 heteroatoms. The Kier molecular flexibility index (Phi) is 3.96. The Morgan fingerprint density at radius 2 is 1.96 bits per heavy atom. The highest BCUT2D eigenvalue weighted by molar-refractivity contribution is 6.31. The first-order valence-electron chi connectivity index (χ1n) is 7.05. The van der Waals surface area contributed by atoms with Gasteiger partial charge in [-0.2, -0.15) is 0 Å². The van der Waals surface area contributed by atoms with Gasteiger partial charge in [0.2, 0.25) is 0 Å². The van der Waals surface area contributed by atoms with E-state index in [1.165, 1.54) is 12.1 Å². The smallest absolute Gasteiger partial charge is 0.335 e. The van der Waals surface area contributed by atoms with Gasteiger partial charge in [0.05, 0.1) is 17.8 Å². The summed E-state index contributed by atoms with van der Waals surface area (Å²) in [6.07, 6.45) is -0.582. The molecule has 1 atom stereocenters. The molecule has 1 aliphatic heterocycles. The minimum atomic E-state index is -0.982. The van der Waals surface area contributed by atoms with Crippen molar-refractivity contribution in [3.8, 4) is 5.75 Å². The first-order chi connectivity index (χ1) is 11.0. The van der Waals surface area contributed by atoms with E-state index in [0.29, 0.717) is 23.0 Å². The Morgan fingerprint density at radius 1 is 1.26 bits per heavy atom. The first kappa shape index (κ1) is 15.4. The van der Waals surface area contributed by atoms with Gasteiger partial charge in [-0.25, -0.2) is 4.79 Å². The quantitative estimate of drug-likeness (QED) is 0.936. The fourth-order valence-electron chi connectivity index (χ4n) is 2.48. The molecule has 118 valence electrons. The second-order valence-corrected chi connectivity index (χ2v) is 5.74. The van der Waals surface area contributed by atoms with Crippen LogP contribution in [0.4, 0.5) is 5.69 Å². The van der Waals surface area contributed by atoms with Crippen LogP contribution in [0.25, 0.3) is 0 Å². The minimum absolute atomic E-state index is 0.165. The average Bonchev–Trinajstić information content (AvgIpc) is 2.53. The zero-order chi connectivity index (χ0) is 16.6. The predicted molar refractivity (Wildman–Crippen MR) is 86.1 cm³/mol.